The molecule has 0 saturated heterocycles. The number of guanidine groups is 1. The van der Waals surface area contributed by atoms with Crippen LogP contribution >= 0.6 is 0 Å². The standard InChI is InChI=1S/C12H26N4O/c1-3-4-9-16(11-6-7-11)12(15-13)14-8-5-10-17-2/h11H,3-10,13H2,1-2H3,(H,14,15). The molecule has 0 aliphatic heterocycles. The number of unbranched alkanes of at least 4 members (excludes halogenated alkanes) is 1. The molecule has 0 amide bonds. The number of hydrogen-bond acceptors (Lipinski definition) is 3. The molecule has 0 aromatic rings. The highest BCUT2D eigenvalue weighted by Crippen LogP contribution is 2.27. The van der Waals surface area contributed by atoms with E-state index >= 15 is 0 Å². The lowest BCUT2D eigenvalue weighted by atomic mass is 10.3. The molecule has 0 spiro atoms. The van der Waals surface area contributed by atoms with Crippen molar-refractivity contribution in [1.29, 1.82) is 0 Å². The van der Waals surface area contributed by atoms with Gasteiger partial charge < -0.3 is 9.64 Å². The van der Waals surface area contributed by atoms with Crippen molar-refractivity contribution in [1.82, 2.24) is 10.3 Å². The zero-order chi connectivity index (χ0) is 12.5. The summed E-state index contributed by atoms with van der Waals surface area (Å²) in [5, 5.41) is 0. The first-order chi connectivity index (χ1) is 8.33. The summed E-state index contributed by atoms with van der Waals surface area (Å²) in [6, 6.07) is 0.652. The first-order valence-corrected chi connectivity index (χ1v) is 6.60. The highest BCUT2D eigenvalue weighted by Gasteiger charge is 2.30. The molecule has 0 bridgehead atoms. The fraction of sp³-hybridized carbons (Fsp3) is 0.917. The predicted molar refractivity (Wildman–Crippen MR) is 70.8 cm³/mol. The van der Waals surface area contributed by atoms with Gasteiger partial charge in [-0.1, -0.05) is 13.3 Å². The summed E-state index contributed by atoms with van der Waals surface area (Å²) in [7, 11) is 1.71. The summed E-state index contributed by atoms with van der Waals surface area (Å²) < 4.78 is 5.01. The third-order valence-electron chi connectivity index (χ3n) is 2.91. The van der Waals surface area contributed by atoms with E-state index in [1.165, 1.54) is 25.7 Å². The summed E-state index contributed by atoms with van der Waals surface area (Å²) in [6.45, 7) is 4.77. The van der Waals surface area contributed by atoms with Crippen LogP contribution in [0, 0.1) is 0 Å². The van der Waals surface area contributed by atoms with Gasteiger partial charge in [-0.05, 0) is 25.7 Å². The zero-order valence-electron chi connectivity index (χ0n) is 11.1. The van der Waals surface area contributed by atoms with Gasteiger partial charge in [0.2, 0.25) is 5.96 Å². The van der Waals surface area contributed by atoms with Crippen LogP contribution in [0.3, 0.4) is 0 Å². The van der Waals surface area contributed by atoms with Crippen LogP contribution in [0.15, 0.2) is 4.99 Å². The summed E-state index contributed by atoms with van der Waals surface area (Å²) in [5.41, 5.74) is 2.74. The van der Waals surface area contributed by atoms with Crippen molar-refractivity contribution in [3.63, 3.8) is 0 Å². The summed E-state index contributed by atoms with van der Waals surface area (Å²) in [4.78, 5) is 6.84. The summed E-state index contributed by atoms with van der Waals surface area (Å²) in [6.07, 6.45) is 5.86. The van der Waals surface area contributed by atoms with Gasteiger partial charge in [-0.15, -0.1) is 0 Å². The number of nitrogens with one attached hydrogen (secondary N) is 1. The number of hydrazine groups is 1. The second kappa shape index (κ2) is 8.31. The third-order valence-corrected chi connectivity index (χ3v) is 2.91. The first kappa shape index (κ1) is 14.3. The molecule has 0 radical (unpaired) electrons. The Bertz CT molecular complexity index is 229. The Morgan fingerprint density at radius 3 is 2.76 bits per heavy atom. The molecule has 3 N–H and O–H groups in total. The molecular formula is C12H26N4O. The van der Waals surface area contributed by atoms with E-state index in [1.54, 1.807) is 7.11 Å². The molecule has 1 aliphatic carbocycles. The van der Waals surface area contributed by atoms with Crippen LogP contribution in [0.2, 0.25) is 0 Å². The van der Waals surface area contributed by atoms with Crippen LogP contribution in [0.4, 0.5) is 0 Å². The van der Waals surface area contributed by atoms with Crippen LogP contribution in [-0.2, 0) is 4.74 Å². The monoisotopic (exact) mass is 242 g/mol. The van der Waals surface area contributed by atoms with Crippen molar-refractivity contribution < 1.29 is 4.74 Å². The van der Waals surface area contributed by atoms with Crippen molar-refractivity contribution >= 4 is 5.96 Å². The molecule has 5 nitrogen and oxygen atoms in total. The number of aliphatic imine (C=N–C) groups is 1. The van der Waals surface area contributed by atoms with Gasteiger partial charge in [0.05, 0.1) is 0 Å². The highest BCUT2D eigenvalue weighted by atomic mass is 16.5. The van der Waals surface area contributed by atoms with Crippen LogP contribution in [0.5, 0.6) is 0 Å². The number of hydrogen-bond donors (Lipinski definition) is 2. The van der Waals surface area contributed by atoms with Gasteiger partial charge in [0.15, 0.2) is 0 Å². The molecule has 100 valence electrons. The Kier molecular flexibility index (Phi) is 6.96. The summed E-state index contributed by atoms with van der Waals surface area (Å²) >= 11 is 0. The van der Waals surface area contributed by atoms with Crippen molar-refractivity contribution in [3.05, 3.63) is 0 Å². The van der Waals surface area contributed by atoms with Gasteiger partial charge in [0, 0.05) is 32.8 Å². The second-order valence-corrected chi connectivity index (χ2v) is 4.47. The minimum Gasteiger partial charge on any atom is -0.385 e. The van der Waals surface area contributed by atoms with E-state index in [0.717, 1.165) is 32.1 Å². The molecule has 0 atom stereocenters. The minimum atomic E-state index is 0.652. The van der Waals surface area contributed by atoms with Crippen LogP contribution in [-0.4, -0.2) is 43.7 Å². The molecule has 5 heteroatoms. The van der Waals surface area contributed by atoms with E-state index in [1.807, 2.05) is 0 Å². The Balaban J connectivity index is 2.42. The molecule has 17 heavy (non-hydrogen) atoms. The van der Waals surface area contributed by atoms with Gasteiger partial charge in [0.25, 0.3) is 0 Å². The van der Waals surface area contributed by atoms with Gasteiger partial charge >= 0.3 is 0 Å². The lowest BCUT2D eigenvalue weighted by Crippen LogP contribution is -2.46. The van der Waals surface area contributed by atoms with E-state index in [2.05, 4.69) is 22.2 Å². The second-order valence-electron chi connectivity index (χ2n) is 4.47. The van der Waals surface area contributed by atoms with Crippen molar-refractivity contribution in [2.24, 2.45) is 10.8 Å². The van der Waals surface area contributed by atoms with Gasteiger partial charge in [-0.2, -0.15) is 0 Å². The molecule has 1 fully saturated rings. The van der Waals surface area contributed by atoms with E-state index in [0.29, 0.717) is 6.04 Å². The predicted octanol–water partition coefficient (Wildman–Crippen LogP) is 1.11. The van der Waals surface area contributed by atoms with E-state index in [9.17, 15) is 0 Å². The lowest BCUT2D eigenvalue weighted by molar-refractivity contribution is 0.197. The smallest absolute Gasteiger partial charge is 0.208 e. The van der Waals surface area contributed by atoms with Crippen LogP contribution in [0.25, 0.3) is 0 Å². The number of methoxy groups -OCH3 is 1. The zero-order valence-corrected chi connectivity index (χ0v) is 11.1. The third kappa shape index (κ3) is 5.37. The number of rotatable bonds is 8. The van der Waals surface area contributed by atoms with Gasteiger partial charge in [-0.25, -0.2) is 5.84 Å². The fourth-order valence-corrected chi connectivity index (χ4v) is 1.79. The average Bonchev–Trinajstić information content (AvgIpc) is 3.16. The van der Waals surface area contributed by atoms with E-state index < -0.39 is 0 Å². The molecular weight excluding hydrogens is 216 g/mol. The quantitative estimate of drug-likeness (QED) is 0.220. The van der Waals surface area contributed by atoms with Crippen LogP contribution in [0.1, 0.15) is 39.0 Å². The van der Waals surface area contributed by atoms with E-state index in [-0.39, 0.29) is 0 Å². The van der Waals surface area contributed by atoms with Gasteiger partial charge in [0.1, 0.15) is 0 Å². The SMILES string of the molecule is CCCCN(C(=NCCCOC)NN)C1CC1. The van der Waals surface area contributed by atoms with Gasteiger partial charge in [-0.3, -0.25) is 10.4 Å². The van der Waals surface area contributed by atoms with E-state index in [4.69, 9.17) is 10.6 Å². The molecule has 0 aromatic heterocycles. The highest BCUT2D eigenvalue weighted by molar-refractivity contribution is 5.80. The van der Waals surface area contributed by atoms with Crippen LogP contribution < -0.4 is 11.3 Å². The maximum absolute atomic E-state index is 5.57. The maximum atomic E-state index is 5.57. The Morgan fingerprint density at radius 1 is 1.47 bits per heavy atom. The summed E-state index contributed by atoms with van der Waals surface area (Å²) in [5.74, 6) is 6.42. The van der Waals surface area contributed by atoms with Crippen molar-refractivity contribution in [3.8, 4) is 0 Å². The largest absolute Gasteiger partial charge is 0.385 e. The number of nitrogens with zero attached hydrogens (tertiary/aromatic N) is 2. The normalized spacial score (nSPS) is 16.1. The number of ether oxygens (including phenoxy) is 1. The number of nitrogens with two attached hydrogens (primary N) is 1. The van der Waals surface area contributed by atoms with Crippen molar-refractivity contribution in [2.45, 2.75) is 45.1 Å². The molecule has 0 unspecified atom stereocenters. The first-order valence-electron chi connectivity index (χ1n) is 6.60. The molecule has 1 rings (SSSR count). The Hall–Kier alpha value is -0.810. The molecule has 1 aliphatic rings. The Morgan fingerprint density at radius 2 is 2.24 bits per heavy atom. The molecule has 0 heterocycles. The maximum Gasteiger partial charge on any atom is 0.208 e. The molecule has 1 saturated carbocycles. The lowest BCUT2D eigenvalue weighted by Gasteiger charge is -2.25. The average molecular weight is 242 g/mol. The topological polar surface area (TPSA) is 62.9 Å². The minimum absolute atomic E-state index is 0.652. The Labute approximate surface area is 104 Å². The molecule has 0 aromatic carbocycles. The van der Waals surface area contributed by atoms with Crippen molar-refractivity contribution in [2.75, 3.05) is 26.8 Å². The fourth-order valence-electron chi connectivity index (χ4n) is 1.79.